The van der Waals surface area contributed by atoms with E-state index in [4.69, 9.17) is 0 Å². The predicted molar refractivity (Wildman–Crippen MR) is 77.3 cm³/mol. The summed E-state index contributed by atoms with van der Waals surface area (Å²) >= 11 is 0. The highest BCUT2D eigenvalue weighted by molar-refractivity contribution is 6.14. The third-order valence-electron chi connectivity index (χ3n) is 3.32. The van der Waals surface area contributed by atoms with Crippen molar-refractivity contribution in [1.82, 2.24) is 15.1 Å². The number of urea groups is 1. The van der Waals surface area contributed by atoms with Crippen LogP contribution in [-0.2, 0) is 16.1 Å². The number of nitrogens with zero attached hydrogens (tertiary/aromatic N) is 2. The molecule has 6 heteroatoms. The number of rotatable bonds is 6. The zero-order valence-corrected chi connectivity index (χ0v) is 12.0. The quantitative estimate of drug-likeness (QED) is 0.793. The fourth-order valence-electron chi connectivity index (χ4n) is 2.28. The molecule has 0 saturated carbocycles. The van der Waals surface area contributed by atoms with Crippen LogP contribution in [0.3, 0.4) is 0 Å². The summed E-state index contributed by atoms with van der Waals surface area (Å²) in [6, 6.07) is 9.48. The Morgan fingerprint density at radius 1 is 1.19 bits per heavy atom. The lowest BCUT2D eigenvalue weighted by atomic mass is 10.2. The van der Waals surface area contributed by atoms with Crippen molar-refractivity contribution in [2.45, 2.75) is 19.4 Å². The SMILES string of the molecule is CN(CCCN1C(=O)CC(=O)NC1=O)Cc1ccccc1. The first-order valence-corrected chi connectivity index (χ1v) is 6.93. The van der Waals surface area contributed by atoms with Crippen LogP contribution in [0.15, 0.2) is 30.3 Å². The van der Waals surface area contributed by atoms with Crippen molar-refractivity contribution in [1.29, 1.82) is 0 Å². The smallest absolute Gasteiger partial charge is 0.302 e. The van der Waals surface area contributed by atoms with Gasteiger partial charge in [0.2, 0.25) is 11.8 Å². The van der Waals surface area contributed by atoms with Crippen molar-refractivity contribution in [3.8, 4) is 0 Å². The second-order valence-corrected chi connectivity index (χ2v) is 5.15. The number of amides is 4. The summed E-state index contributed by atoms with van der Waals surface area (Å²) in [5, 5.41) is 2.15. The van der Waals surface area contributed by atoms with Gasteiger partial charge in [0.05, 0.1) is 0 Å². The van der Waals surface area contributed by atoms with Crippen LogP contribution in [0, 0.1) is 0 Å². The standard InChI is InChI=1S/C15H19N3O3/c1-17(11-12-6-3-2-4-7-12)8-5-9-18-14(20)10-13(19)16-15(18)21/h2-4,6-7H,5,8-11H2,1H3,(H,16,19,21). The van der Waals surface area contributed by atoms with Crippen LogP contribution in [0.2, 0.25) is 0 Å². The van der Waals surface area contributed by atoms with E-state index in [1.165, 1.54) is 5.56 Å². The molecule has 21 heavy (non-hydrogen) atoms. The minimum Gasteiger partial charge on any atom is -0.302 e. The number of nitrogens with one attached hydrogen (secondary N) is 1. The van der Waals surface area contributed by atoms with E-state index in [1.807, 2.05) is 25.2 Å². The van der Waals surface area contributed by atoms with Gasteiger partial charge < -0.3 is 4.90 Å². The second-order valence-electron chi connectivity index (χ2n) is 5.15. The summed E-state index contributed by atoms with van der Waals surface area (Å²) in [7, 11) is 1.99. The molecule has 0 spiro atoms. The van der Waals surface area contributed by atoms with Crippen molar-refractivity contribution in [3.05, 3.63) is 35.9 Å². The average molecular weight is 289 g/mol. The summed E-state index contributed by atoms with van der Waals surface area (Å²) < 4.78 is 0. The van der Waals surface area contributed by atoms with Crippen LogP contribution in [0.25, 0.3) is 0 Å². The van der Waals surface area contributed by atoms with E-state index in [1.54, 1.807) is 0 Å². The average Bonchev–Trinajstić information content (AvgIpc) is 2.42. The van der Waals surface area contributed by atoms with Gasteiger partial charge in [-0.2, -0.15) is 0 Å². The zero-order chi connectivity index (χ0) is 15.2. The molecule has 0 unspecified atom stereocenters. The molecule has 1 aromatic rings. The first kappa shape index (κ1) is 15.2. The lowest BCUT2D eigenvalue weighted by Gasteiger charge is -2.25. The van der Waals surface area contributed by atoms with Crippen LogP contribution >= 0.6 is 0 Å². The minimum absolute atomic E-state index is 0.244. The predicted octanol–water partition coefficient (Wildman–Crippen LogP) is 0.977. The van der Waals surface area contributed by atoms with Crippen LogP contribution in [0.1, 0.15) is 18.4 Å². The van der Waals surface area contributed by atoms with E-state index >= 15 is 0 Å². The molecule has 1 aliphatic rings. The number of hydrogen-bond acceptors (Lipinski definition) is 4. The molecule has 2 rings (SSSR count). The first-order valence-electron chi connectivity index (χ1n) is 6.93. The Labute approximate surface area is 123 Å². The van der Waals surface area contributed by atoms with Crippen LogP contribution in [0.4, 0.5) is 4.79 Å². The molecule has 0 atom stereocenters. The van der Waals surface area contributed by atoms with E-state index in [9.17, 15) is 14.4 Å². The largest absolute Gasteiger partial charge is 0.330 e. The molecule has 0 aliphatic carbocycles. The maximum Gasteiger partial charge on any atom is 0.330 e. The second kappa shape index (κ2) is 6.99. The molecule has 1 N–H and O–H groups in total. The van der Waals surface area contributed by atoms with Gasteiger partial charge in [-0.25, -0.2) is 4.79 Å². The maximum absolute atomic E-state index is 11.6. The number of carbonyl (C=O) groups is 3. The topological polar surface area (TPSA) is 69.7 Å². The van der Waals surface area contributed by atoms with Crippen molar-refractivity contribution < 1.29 is 14.4 Å². The lowest BCUT2D eigenvalue weighted by Crippen LogP contribution is -2.53. The van der Waals surface area contributed by atoms with Gasteiger partial charge >= 0.3 is 6.03 Å². The lowest BCUT2D eigenvalue weighted by molar-refractivity contribution is -0.136. The number of carbonyl (C=O) groups excluding carboxylic acids is 3. The van der Waals surface area contributed by atoms with Crippen molar-refractivity contribution in [2.75, 3.05) is 20.1 Å². The summed E-state index contributed by atoms with van der Waals surface area (Å²) in [4.78, 5) is 37.4. The molecule has 1 heterocycles. The summed E-state index contributed by atoms with van der Waals surface area (Å²) in [5.74, 6) is -0.947. The first-order chi connectivity index (χ1) is 10.1. The van der Waals surface area contributed by atoms with Crippen molar-refractivity contribution in [3.63, 3.8) is 0 Å². The molecule has 1 fully saturated rings. The van der Waals surface area contributed by atoms with E-state index in [0.29, 0.717) is 13.0 Å². The van der Waals surface area contributed by atoms with Crippen molar-refractivity contribution >= 4 is 17.8 Å². The Kier molecular flexibility index (Phi) is 5.05. The van der Waals surface area contributed by atoms with Gasteiger partial charge in [0, 0.05) is 13.1 Å². The third-order valence-corrected chi connectivity index (χ3v) is 3.32. The highest BCUT2D eigenvalue weighted by Gasteiger charge is 2.30. The van der Waals surface area contributed by atoms with Gasteiger partial charge in [-0.05, 0) is 25.6 Å². The van der Waals surface area contributed by atoms with Gasteiger partial charge in [0.15, 0.2) is 0 Å². The Bertz CT molecular complexity index is 510. The Morgan fingerprint density at radius 3 is 2.57 bits per heavy atom. The molecule has 1 aromatic carbocycles. The number of imide groups is 2. The molecule has 6 nitrogen and oxygen atoms in total. The normalized spacial score (nSPS) is 15.5. The molecule has 0 aromatic heterocycles. The fraction of sp³-hybridized carbons (Fsp3) is 0.400. The van der Waals surface area contributed by atoms with Crippen LogP contribution < -0.4 is 5.32 Å². The van der Waals surface area contributed by atoms with Gasteiger partial charge in [-0.1, -0.05) is 30.3 Å². The molecule has 112 valence electrons. The van der Waals surface area contributed by atoms with Crippen LogP contribution in [0.5, 0.6) is 0 Å². The van der Waals surface area contributed by atoms with Gasteiger partial charge in [-0.3, -0.25) is 19.8 Å². The molecule has 0 bridgehead atoms. The summed E-state index contributed by atoms with van der Waals surface area (Å²) in [6.45, 7) is 1.91. The summed E-state index contributed by atoms with van der Waals surface area (Å²) in [6.07, 6.45) is 0.433. The number of benzene rings is 1. The van der Waals surface area contributed by atoms with Gasteiger partial charge in [0.25, 0.3) is 0 Å². The number of hydrogen-bond donors (Lipinski definition) is 1. The highest BCUT2D eigenvalue weighted by atomic mass is 16.2. The molecule has 0 radical (unpaired) electrons. The fourth-order valence-corrected chi connectivity index (χ4v) is 2.28. The molecule has 1 saturated heterocycles. The van der Waals surface area contributed by atoms with E-state index in [2.05, 4.69) is 22.3 Å². The Hall–Kier alpha value is -2.21. The van der Waals surface area contributed by atoms with Crippen molar-refractivity contribution in [2.24, 2.45) is 0 Å². The van der Waals surface area contributed by atoms with E-state index in [0.717, 1.165) is 18.0 Å². The summed E-state index contributed by atoms with van der Waals surface area (Å²) in [5.41, 5.74) is 1.22. The molecule has 1 aliphatic heterocycles. The van der Waals surface area contributed by atoms with Gasteiger partial charge in [-0.15, -0.1) is 0 Å². The molecular formula is C15H19N3O3. The maximum atomic E-state index is 11.6. The van der Waals surface area contributed by atoms with Gasteiger partial charge in [0.1, 0.15) is 6.42 Å². The third kappa shape index (κ3) is 4.39. The van der Waals surface area contributed by atoms with Crippen LogP contribution in [-0.4, -0.2) is 47.8 Å². The zero-order valence-electron chi connectivity index (χ0n) is 12.0. The van der Waals surface area contributed by atoms with E-state index < -0.39 is 17.8 Å². The molecule has 4 amide bonds. The Balaban J connectivity index is 1.75. The highest BCUT2D eigenvalue weighted by Crippen LogP contribution is 2.06. The number of barbiturate groups is 1. The minimum atomic E-state index is -0.609. The molecular weight excluding hydrogens is 270 g/mol. The Morgan fingerprint density at radius 2 is 1.90 bits per heavy atom. The van der Waals surface area contributed by atoms with E-state index in [-0.39, 0.29) is 6.42 Å². The monoisotopic (exact) mass is 289 g/mol.